The minimum atomic E-state index is -4.42. The molecule has 0 N–H and O–H groups in total. The number of nitrogens with zero attached hydrogens (tertiary/aromatic N) is 3. The largest absolute Gasteiger partial charge is 0.416 e. The van der Waals surface area contributed by atoms with Crippen molar-refractivity contribution in [2.75, 3.05) is 31.2 Å². The van der Waals surface area contributed by atoms with Crippen LogP contribution in [0.15, 0.2) is 45.9 Å². The highest BCUT2D eigenvalue weighted by molar-refractivity contribution is 9.10. The molecule has 1 saturated heterocycles. The van der Waals surface area contributed by atoms with Gasteiger partial charge in [-0.1, -0.05) is 12.1 Å². The zero-order valence-electron chi connectivity index (χ0n) is 16.2. The van der Waals surface area contributed by atoms with E-state index in [1.807, 2.05) is 6.07 Å². The number of ether oxygens (including phenoxy) is 1. The van der Waals surface area contributed by atoms with Crippen LogP contribution in [0.5, 0.6) is 0 Å². The first-order valence-corrected chi connectivity index (χ1v) is 10.2. The number of fused-ring (bicyclic) bond motifs is 1. The SMILES string of the molecule is Cc1c(Cn2cc(Br)c(=O)c3ncc(N4CCOCC4)cc32)cccc1C(F)(F)F. The first-order chi connectivity index (χ1) is 14.3. The van der Waals surface area contributed by atoms with Crippen molar-refractivity contribution in [3.8, 4) is 0 Å². The van der Waals surface area contributed by atoms with Crippen LogP contribution >= 0.6 is 15.9 Å². The van der Waals surface area contributed by atoms with Crippen molar-refractivity contribution in [3.63, 3.8) is 0 Å². The molecule has 3 aromatic rings. The molecule has 0 aliphatic carbocycles. The van der Waals surface area contributed by atoms with Crippen molar-refractivity contribution in [3.05, 3.63) is 68.0 Å². The van der Waals surface area contributed by atoms with Crippen LogP contribution in [0.1, 0.15) is 16.7 Å². The predicted octanol–water partition coefficient (Wildman–Crippen LogP) is 4.37. The second kappa shape index (κ2) is 8.03. The maximum absolute atomic E-state index is 13.3. The molecule has 0 unspecified atom stereocenters. The zero-order chi connectivity index (χ0) is 21.5. The molecule has 0 atom stereocenters. The summed E-state index contributed by atoms with van der Waals surface area (Å²) in [7, 11) is 0. The van der Waals surface area contributed by atoms with Gasteiger partial charge in [-0.15, -0.1) is 0 Å². The molecule has 0 saturated carbocycles. The molecule has 30 heavy (non-hydrogen) atoms. The Morgan fingerprint density at radius 1 is 1.23 bits per heavy atom. The van der Waals surface area contributed by atoms with E-state index in [0.29, 0.717) is 41.9 Å². The van der Waals surface area contributed by atoms with E-state index in [4.69, 9.17) is 4.74 Å². The Morgan fingerprint density at radius 3 is 2.67 bits per heavy atom. The summed E-state index contributed by atoms with van der Waals surface area (Å²) in [5.74, 6) is 0. The minimum absolute atomic E-state index is 0.172. The van der Waals surface area contributed by atoms with Gasteiger partial charge in [-0.25, -0.2) is 4.98 Å². The average Bonchev–Trinajstić information content (AvgIpc) is 2.72. The molecule has 158 valence electrons. The summed E-state index contributed by atoms with van der Waals surface area (Å²) in [6.07, 6.45) is -1.16. The summed E-state index contributed by atoms with van der Waals surface area (Å²) in [5, 5.41) is 0. The van der Waals surface area contributed by atoms with E-state index >= 15 is 0 Å². The molecule has 5 nitrogen and oxygen atoms in total. The maximum atomic E-state index is 13.3. The monoisotopic (exact) mass is 481 g/mol. The number of pyridine rings is 2. The van der Waals surface area contributed by atoms with E-state index in [2.05, 4.69) is 25.8 Å². The van der Waals surface area contributed by atoms with Crippen LogP contribution in [-0.4, -0.2) is 35.9 Å². The summed E-state index contributed by atoms with van der Waals surface area (Å²) in [5.41, 5.74) is 1.48. The van der Waals surface area contributed by atoms with Crippen molar-refractivity contribution < 1.29 is 17.9 Å². The van der Waals surface area contributed by atoms with E-state index in [0.717, 1.165) is 11.8 Å². The quantitative estimate of drug-likeness (QED) is 0.557. The van der Waals surface area contributed by atoms with Gasteiger partial charge in [0.15, 0.2) is 0 Å². The molecule has 0 radical (unpaired) electrons. The molecule has 1 fully saturated rings. The molecule has 4 rings (SSSR count). The fraction of sp³-hybridized carbons (Fsp3) is 0.333. The highest BCUT2D eigenvalue weighted by atomic mass is 79.9. The van der Waals surface area contributed by atoms with Gasteiger partial charge in [0.2, 0.25) is 5.43 Å². The topological polar surface area (TPSA) is 47.4 Å². The fourth-order valence-electron chi connectivity index (χ4n) is 3.69. The molecule has 2 aromatic heterocycles. The summed E-state index contributed by atoms with van der Waals surface area (Å²) >= 11 is 3.26. The lowest BCUT2D eigenvalue weighted by molar-refractivity contribution is -0.138. The lowest BCUT2D eigenvalue weighted by Crippen LogP contribution is -2.36. The van der Waals surface area contributed by atoms with Gasteiger partial charge in [0, 0.05) is 25.8 Å². The molecule has 1 aliphatic rings. The van der Waals surface area contributed by atoms with Gasteiger partial charge < -0.3 is 14.2 Å². The van der Waals surface area contributed by atoms with E-state index in [-0.39, 0.29) is 23.1 Å². The van der Waals surface area contributed by atoms with Gasteiger partial charge in [0.1, 0.15) is 5.52 Å². The van der Waals surface area contributed by atoms with Crippen molar-refractivity contribution in [2.24, 2.45) is 0 Å². The Kier molecular flexibility index (Phi) is 5.59. The standard InChI is InChI=1S/C21H19BrF3N3O2/c1-13-14(3-2-4-16(13)21(23,24)25)11-28-12-17(22)20(29)19-18(28)9-15(10-26-19)27-5-7-30-8-6-27/h2-4,9-10,12H,5-8,11H2,1H3. The van der Waals surface area contributed by atoms with E-state index in [1.165, 1.54) is 13.0 Å². The fourth-order valence-corrected chi connectivity index (χ4v) is 4.12. The normalized spacial score (nSPS) is 15.0. The lowest BCUT2D eigenvalue weighted by Gasteiger charge is -2.28. The number of anilines is 1. The maximum Gasteiger partial charge on any atom is 0.416 e. The third kappa shape index (κ3) is 3.96. The Hall–Kier alpha value is -2.39. The van der Waals surface area contributed by atoms with Gasteiger partial charge in [0.05, 0.1) is 40.7 Å². The van der Waals surface area contributed by atoms with Crippen molar-refractivity contribution in [1.82, 2.24) is 9.55 Å². The van der Waals surface area contributed by atoms with Crippen LogP contribution in [-0.2, 0) is 17.5 Å². The highest BCUT2D eigenvalue weighted by Gasteiger charge is 2.32. The number of rotatable bonds is 3. The number of hydrogen-bond donors (Lipinski definition) is 0. The summed E-state index contributed by atoms with van der Waals surface area (Å²) in [4.78, 5) is 19.1. The smallest absolute Gasteiger partial charge is 0.378 e. The first kappa shape index (κ1) is 20.9. The van der Waals surface area contributed by atoms with E-state index < -0.39 is 11.7 Å². The van der Waals surface area contributed by atoms with Crippen molar-refractivity contribution in [1.29, 1.82) is 0 Å². The van der Waals surface area contributed by atoms with Crippen LogP contribution in [0, 0.1) is 6.92 Å². The average molecular weight is 482 g/mol. The zero-order valence-corrected chi connectivity index (χ0v) is 17.8. The van der Waals surface area contributed by atoms with Crippen LogP contribution < -0.4 is 10.3 Å². The van der Waals surface area contributed by atoms with Gasteiger partial charge in [-0.2, -0.15) is 13.2 Å². The summed E-state index contributed by atoms with van der Waals surface area (Å²) < 4.78 is 47.4. The number of alkyl halides is 3. The second-order valence-corrected chi connectivity index (χ2v) is 8.04. The van der Waals surface area contributed by atoms with Crippen LogP contribution in [0.3, 0.4) is 0 Å². The number of halogens is 4. The van der Waals surface area contributed by atoms with Gasteiger partial charge in [0.25, 0.3) is 0 Å². The molecule has 9 heteroatoms. The molecular formula is C21H19BrF3N3O2. The van der Waals surface area contributed by atoms with Crippen LogP contribution in [0.2, 0.25) is 0 Å². The Labute approximate surface area is 179 Å². The van der Waals surface area contributed by atoms with Crippen LogP contribution in [0.4, 0.5) is 18.9 Å². The van der Waals surface area contributed by atoms with Crippen molar-refractivity contribution in [2.45, 2.75) is 19.6 Å². The van der Waals surface area contributed by atoms with Gasteiger partial charge in [-0.05, 0) is 46.1 Å². The molecular weight excluding hydrogens is 463 g/mol. The third-order valence-corrected chi connectivity index (χ3v) is 5.90. The van der Waals surface area contributed by atoms with Crippen molar-refractivity contribution >= 4 is 32.7 Å². The predicted molar refractivity (Wildman–Crippen MR) is 112 cm³/mol. The molecule has 3 heterocycles. The summed E-state index contributed by atoms with van der Waals surface area (Å²) in [6.45, 7) is 4.28. The lowest BCUT2D eigenvalue weighted by atomic mass is 10.0. The number of aromatic nitrogens is 2. The Bertz CT molecular complexity index is 1150. The molecule has 1 aromatic carbocycles. The summed E-state index contributed by atoms with van der Waals surface area (Å²) in [6, 6.07) is 6.02. The minimum Gasteiger partial charge on any atom is -0.378 e. The Balaban J connectivity index is 1.82. The second-order valence-electron chi connectivity index (χ2n) is 7.18. The van der Waals surface area contributed by atoms with E-state index in [1.54, 1.807) is 23.0 Å². The molecule has 0 amide bonds. The number of hydrogen-bond acceptors (Lipinski definition) is 4. The molecule has 0 bridgehead atoms. The highest BCUT2D eigenvalue weighted by Crippen LogP contribution is 2.33. The molecule has 0 spiro atoms. The third-order valence-electron chi connectivity index (χ3n) is 5.33. The number of morpholine rings is 1. The van der Waals surface area contributed by atoms with Gasteiger partial charge in [-0.3, -0.25) is 4.79 Å². The van der Waals surface area contributed by atoms with E-state index in [9.17, 15) is 18.0 Å². The first-order valence-electron chi connectivity index (χ1n) is 9.43. The molecule has 1 aliphatic heterocycles. The number of benzene rings is 1. The van der Waals surface area contributed by atoms with Crippen LogP contribution in [0.25, 0.3) is 11.0 Å². The van der Waals surface area contributed by atoms with Gasteiger partial charge >= 0.3 is 6.18 Å². The Morgan fingerprint density at radius 2 is 1.97 bits per heavy atom.